The van der Waals surface area contributed by atoms with Crippen LogP contribution in [0.2, 0.25) is 0 Å². The minimum absolute atomic E-state index is 0.178. The van der Waals surface area contributed by atoms with Crippen LogP contribution in [0, 0.1) is 6.92 Å². The molecule has 0 aliphatic rings. The maximum atomic E-state index is 12.0. The van der Waals surface area contributed by atoms with Gasteiger partial charge in [-0.1, -0.05) is 18.2 Å². The molecule has 0 aliphatic heterocycles. The minimum atomic E-state index is -0.178. The number of aryl methyl sites for hydroxylation is 1. The van der Waals surface area contributed by atoms with Crippen molar-refractivity contribution in [2.24, 2.45) is 0 Å². The molecule has 0 atom stereocenters. The molecule has 2 rings (SSSR count). The number of anilines is 1. The van der Waals surface area contributed by atoms with Crippen molar-refractivity contribution in [2.45, 2.75) is 6.92 Å². The van der Waals surface area contributed by atoms with Crippen LogP contribution in [0.1, 0.15) is 16.1 Å². The monoisotopic (exact) mass is 216 g/mol. The summed E-state index contributed by atoms with van der Waals surface area (Å²) in [7, 11) is 1.72. The van der Waals surface area contributed by atoms with Crippen LogP contribution in [0.3, 0.4) is 0 Å². The van der Waals surface area contributed by atoms with Crippen molar-refractivity contribution in [1.29, 1.82) is 0 Å². The number of nitrogens with zero attached hydrogens (tertiary/aromatic N) is 3. The van der Waals surface area contributed by atoms with Gasteiger partial charge in [-0.25, -0.2) is 0 Å². The van der Waals surface area contributed by atoms with Gasteiger partial charge in [-0.2, -0.15) is 15.4 Å². The molecule has 1 amide bonds. The molecule has 0 fully saturated rings. The predicted molar refractivity (Wildman–Crippen MR) is 60.3 cm³/mol. The van der Waals surface area contributed by atoms with E-state index in [2.05, 4.69) is 15.4 Å². The molecule has 0 saturated heterocycles. The van der Waals surface area contributed by atoms with E-state index in [1.807, 2.05) is 31.2 Å². The first-order valence-corrected chi connectivity index (χ1v) is 4.89. The predicted octanol–water partition coefficient (Wildman–Crippen LogP) is 1.39. The van der Waals surface area contributed by atoms with E-state index in [4.69, 9.17) is 0 Å². The Bertz CT molecular complexity index is 492. The second-order valence-electron chi connectivity index (χ2n) is 3.51. The van der Waals surface area contributed by atoms with Crippen LogP contribution in [-0.4, -0.2) is 28.4 Å². The number of H-pyrrole nitrogens is 1. The van der Waals surface area contributed by atoms with Crippen molar-refractivity contribution in [3.8, 4) is 0 Å². The van der Waals surface area contributed by atoms with Gasteiger partial charge in [0.05, 0.1) is 6.20 Å². The average Bonchev–Trinajstić information content (AvgIpc) is 2.81. The molecule has 0 saturated carbocycles. The van der Waals surface area contributed by atoms with Crippen LogP contribution in [0.15, 0.2) is 30.5 Å². The number of benzene rings is 1. The van der Waals surface area contributed by atoms with Crippen molar-refractivity contribution >= 4 is 11.6 Å². The van der Waals surface area contributed by atoms with Crippen molar-refractivity contribution in [2.75, 3.05) is 11.9 Å². The fourth-order valence-electron chi connectivity index (χ4n) is 1.53. The Hall–Kier alpha value is -2.17. The van der Waals surface area contributed by atoms with Crippen molar-refractivity contribution < 1.29 is 4.79 Å². The van der Waals surface area contributed by atoms with Gasteiger partial charge in [0, 0.05) is 12.7 Å². The number of amides is 1. The molecule has 0 unspecified atom stereocenters. The van der Waals surface area contributed by atoms with Crippen LogP contribution >= 0.6 is 0 Å². The van der Waals surface area contributed by atoms with E-state index < -0.39 is 0 Å². The lowest BCUT2D eigenvalue weighted by Gasteiger charge is -2.17. The molecule has 1 aromatic carbocycles. The second-order valence-corrected chi connectivity index (χ2v) is 3.51. The Morgan fingerprint density at radius 1 is 1.38 bits per heavy atom. The van der Waals surface area contributed by atoms with Crippen molar-refractivity contribution in [3.05, 3.63) is 41.7 Å². The first-order chi connectivity index (χ1) is 7.70. The Morgan fingerprint density at radius 2 is 2.12 bits per heavy atom. The lowest BCUT2D eigenvalue weighted by Crippen LogP contribution is -2.27. The van der Waals surface area contributed by atoms with Crippen molar-refractivity contribution in [3.63, 3.8) is 0 Å². The molecule has 1 aromatic heterocycles. The fraction of sp³-hybridized carbons (Fsp3) is 0.182. The SMILES string of the molecule is Cc1ccccc1N(C)C(=O)c1cn[nH]n1. The van der Waals surface area contributed by atoms with E-state index in [-0.39, 0.29) is 5.91 Å². The summed E-state index contributed by atoms with van der Waals surface area (Å²) >= 11 is 0. The molecule has 2 aromatic rings. The lowest BCUT2D eigenvalue weighted by molar-refractivity contribution is 0.0988. The molecule has 5 heteroatoms. The Morgan fingerprint density at radius 3 is 2.75 bits per heavy atom. The number of hydrogen-bond acceptors (Lipinski definition) is 3. The zero-order chi connectivity index (χ0) is 11.5. The number of hydrogen-bond donors (Lipinski definition) is 1. The van der Waals surface area contributed by atoms with Gasteiger partial charge in [0.15, 0.2) is 5.69 Å². The molecule has 0 radical (unpaired) electrons. The smallest absolute Gasteiger partial charge is 0.280 e. The van der Waals surface area contributed by atoms with Crippen LogP contribution in [0.4, 0.5) is 5.69 Å². The average molecular weight is 216 g/mol. The quantitative estimate of drug-likeness (QED) is 0.825. The van der Waals surface area contributed by atoms with E-state index in [9.17, 15) is 4.79 Å². The summed E-state index contributed by atoms with van der Waals surface area (Å²) < 4.78 is 0. The topological polar surface area (TPSA) is 61.9 Å². The highest BCUT2D eigenvalue weighted by molar-refractivity contribution is 6.04. The molecule has 82 valence electrons. The number of carbonyl (C=O) groups is 1. The summed E-state index contributed by atoms with van der Waals surface area (Å²) in [5.41, 5.74) is 2.23. The molecular weight excluding hydrogens is 204 g/mol. The van der Waals surface area contributed by atoms with E-state index in [1.54, 1.807) is 11.9 Å². The number of carbonyl (C=O) groups excluding carboxylic acids is 1. The zero-order valence-corrected chi connectivity index (χ0v) is 9.14. The molecule has 1 heterocycles. The maximum absolute atomic E-state index is 12.0. The number of rotatable bonds is 2. The summed E-state index contributed by atoms with van der Waals surface area (Å²) in [6.45, 7) is 1.96. The summed E-state index contributed by atoms with van der Waals surface area (Å²) in [5, 5.41) is 9.81. The molecule has 1 N–H and O–H groups in total. The van der Waals surface area contributed by atoms with Gasteiger partial charge in [0.2, 0.25) is 0 Å². The lowest BCUT2D eigenvalue weighted by atomic mass is 10.2. The summed E-state index contributed by atoms with van der Waals surface area (Å²) in [6, 6.07) is 7.69. The Balaban J connectivity index is 2.30. The molecule has 16 heavy (non-hydrogen) atoms. The highest BCUT2D eigenvalue weighted by atomic mass is 16.2. The molecule has 0 bridgehead atoms. The second kappa shape index (κ2) is 4.14. The van der Waals surface area contributed by atoms with Gasteiger partial charge >= 0.3 is 0 Å². The summed E-state index contributed by atoms with van der Waals surface area (Å²) in [4.78, 5) is 13.5. The van der Waals surface area contributed by atoms with E-state index in [0.29, 0.717) is 5.69 Å². The summed E-state index contributed by atoms with van der Waals surface area (Å²) in [5.74, 6) is -0.178. The number of para-hydroxylation sites is 1. The number of nitrogens with one attached hydrogen (secondary N) is 1. The molecule has 0 aliphatic carbocycles. The number of aromatic amines is 1. The van der Waals surface area contributed by atoms with Gasteiger partial charge < -0.3 is 4.90 Å². The van der Waals surface area contributed by atoms with Crippen molar-refractivity contribution in [1.82, 2.24) is 15.4 Å². The van der Waals surface area contributed by atoms with Gasteiger partial charge in [0.25, 0.3) is 5.91 Å². The Kier molecular flexibility index (Phi) is 2.68. The van der Waals surface area contributed by atoms with E-state index >= 15 is 0 Å². The Labute approximate surface area is 93.1 Å². The third kappa shape index (κ3) is 1.79. The van der Waals surface area contributed by atoms with Crippen LogP contribution in [0.25, 0.3) is 0 Å². The third-order valence-corrected chi connectivity index (χ3v) is 2.42. The highest BCUT2D eigenvalue weighted by Gasteiger charge is 2.16. The normalized spacial score (nSPS) is 10.1. The largest absolute Gasteiger partial charge is 0.310 e. The van der Waals surface area contributed by atoms with Crippen LogP contribution in [0.5, 0.6) is 0 Å². The van der Waals surface area contributed by atoms with E-state index in [1.165, 1.54) is 6.20 Å². The third-order valence-electron chi connectivity index (χ3n) is 2.42. The fourth-order valence-corrected chi connectivity index (χ4v) is 1.53. The molecule has 5 nitrogen and oxygen atoms in total. The van der Waals surface area contributed by atoms with Crippen LogP contribution in [-0.2, 0) is 0 Å². The van der Waals surface area contributed by atoms with E-state index in [0.717, 1.165) is 11.3 Å². The van der Waals surface area contributed by atoms with Gasteiger partial charge in [-0.15, -0.1) is 0 Å². The minimum Gasteiger partial charge on any atom is -0.310 e. The van der Waals surface area contributed by atoms with Gasteiger partial charge in [-0.05, 0) is 18.6 Å². The maximum Gasteiger partial charge on any atom is 0.280 e. The summed E-state index contributed by atoms with van der Waals surface area (Å²) in [6.07, 6.45) is 1.41. The van der Waals surface area contributed by atoms with Gasteiger partial charge in [0.1, 0.15) is 0 Å². The van der Waals surface area contributed by atoms with Crippen LogP contribution < -0.4 is 4.90 Å². The molecule has 0 spiro atoms. The molecular formula is C11H12N4O. The first-order valence-electron chi connectivity index (χ1n) is 4.89. The number of aromatic nitrogens is 3. The first kappa shape index (κ1) is 10.4. The highest BCUT2D eigenvalue weighted by Crippen LogP contribution is 2.18. The standard InChI is InChI=1S/C11H12N4O/c1-8-5-3-4-6-10(8)15(2)11(16)9-7-12-14-13-9/h3-7H,1-2H3,(H,12,13,14). The zero-order valence-electron chi connectivity index (χ0n) is 9.14. The van der Waals surface area contributed by atoms with Gasteiger partial charge in [-0.3, -0.25) is 4.79 Å².